The van der Waals surface area contributed by atoms with Crippen LogP contribution in [-0.2, 0) is 28.2 Å². The standard InChI is InChI=1S/C43H69O9P/c1-3-5-7-9-11-12-13-14-15-16-17-18-19-20-24-29-33-37-43(46)52-41(39-51-53(47,48)49)38-50-42(45)36-32-28-25-21-23-27-31-35-40(44)34-30-26-22-10-8-6-4-2/h11-12,14-15,17-18,20-22,24-27,30-31,34,40-41,44H,3-10,13,16,19,23,28-29,32-33,35-39H2,1-2H3,(H2,47,48,49)/b12-11-,15-14-,18-17-,24-20-,25-21+,26-22-,31-27-,34-30-/t40-,41-/m1/s1. The lowest BCUT2D eigenvalue weighted by Crippen LogP contribution is -2.29. The largest absolute Gasteiger partial charge is 0.469 e. The van der Waals surface area contributed by atoms with Gasteiger partial charge in [0.25, 0.3) is 0 Å². The summed E-state index contributed by atoms with van der Waals surface area (Å²) in [7, 11) is -4.80. The molecule has 0 rings (SSSR count). The maximum absolute atomic E-state index is 12.4. The number of phosphoric acid groups is 1. The van der Waals surface area contributed by atoms with Gasteiger partial charge >= 0.3 is 19.8 Å². The van der Waals surface area contributed by atoms with Crippen molar-refractivity contribution in [1.29, 1.82) is 0 Å². The highest BCUT2D eigenvalue weighted by molar-refractivity contribution is 7.46. The minimum Gasteiger partial charge on any atom is -0.462 e. The molecule has 53 heavy (non-hydrogen) atoms. The lowest BCUT2D eigenvalue weighted by molar-refractivity contribution is -0.161. The molecule has 10 heteroatoms. The van der Waals surface area contributed by atoms with Crippen molar-refractivity contribution in [3.63, 3.8) is 0 Å². The van der Waals surface area contributed by atoms with Crippen LogP contribution in [-0.4, -0.2) is 52.3 Å². The molecular formula is C43H69O9P. The third-order valence-corrected chi connectivity index (χ3v) is 8.14. The Kier molecular flexibility index (Phi) is 35.1. The number of carbonyl (C=O) groups is 2. The second-order valence-electron chi connectivity index (χ2n) is 12.7. The molecule has 0 fully saturated rings. The molecule has 0 aromatic heterocycles. The van der Waals surface area contributed by atoms with Gasteiger partial charge in [0, 0.05) is 12.8 Å². The van der Waals surface area contributed by atoms with Crippen LogP contribution in [0.4, 0.5) is 0 Å². The second kappa shape index (κ2) is 37.3. The predicted molar refractivity (Wildman–Crippen MR) is 217 cm³/mol. The number of aliphatic hydroxyl groups excluding tert-OH is 1. The molecule has 2 atom stereocenters. The lowest BCUT2D eigenvalue weighted by Gasteiger charge is -2.18. The highest BCUT2D eigenvalue weighted by atomic mass is 31.2. The van der Waals surface area contributed by atoms with E-state index in [9.17, 15) is 19.3 Å². The van der Waals surface area contributed by atoms with Crippen molar-refractivity contribution in [1.82, 2.24) is 0 Å². The Labute approximate surface area is 320 Å². The molecule has 0 unspecified atom stereocenters. The molecule has 0 amide bonds. The monoisotopic (exact) mass is 760 g/mol. The fraction of sp³-hybridized carbons (Fsp3) is 0.581. The van der Waals surface area contributed by atoms with Gasteiger partial charge in [0.2, 0.25) is 0 Å². The van der Waals surface area contributed by atoms with Gasteiger partial charge in [-0.05, 0) is 83.5 Å². The van der Waals surface area contributed by atoms with Crippen molar-refractivity contribution in [2.45, 2.75) is 148 Å². The molecule has 0 radical (unpaired) electrons. The summed E-state index contributed by atoms with van der Waals surface area (Å²) >= 11 is 0. The fourth-order valence-corrected chi connectivity index (χ4v) is 5.03. The van der Waals surface area contributed by atoms with Crippen molar-refractivity contribution < 1.29 is 43.0 Å². The number of unbranched alkanes of at least 4 members (excludes halogenated alkanes) is 8. The maximum atomic E-state index is 12.4. The van der Waals surface area contributed by atoms with Crippen LogP contribution in [0, 0.1) is 0 Å². The van der Waals surface area contributed by atoms with E-state index in [1.807, 2.05) is 48.6 Å². The minimum atomic E-state index is -4.80. The lowest BCUT2D eigenvalue weighted by atomic mass is 10.2. The number of hydrogen-bond donors (Lipinski definition) is 3. The summed E-state index contributed by atoms with van der Waals surface area (Å²) < 4.78 is 26.2. The maximum Gasteiger partial charge on any atom is 0.469 e. The van der Waals surface area contributed by atoms with Crippen LogP contribution >= 0.6 is 7.82 Å². The Morgan fingerprint density at radius 3 is 1.58 bits per heavy atom. The van der Waals surface area contributed by atoms with Crippen molar-refractivity contribution in [2.75, 3.05) is 13.2 Å². The van der Waals surface area contributed by atoms with Gasteiger partial charge in [-0.25, -0.2) is 4.57 Å². The third-order valence-electron chi connectivity index (χ3n) is 7.66. The van der Waals surface area contributed by atoms with E-state index in [0.29, 0.717) is 38.5 Å². The number of rotatable bonds is 34. The van der Waals surface area contributed by atoms with E-state index >= 15 is 0 Å². The molecule has 0 aliphatic carbocycles. The van der Waals surface area contributed by atoms with Crippen LogP contribution in [0.5, 0.6) is 0 Å². The number of carbonyl (C=O) groups excluding carboxylic acids is 2. The zero-order valence-electron chi connectivity index (χ0n) is 32.5. The summed E-state index contributed by atoms with van der Waals surface area (Å²) in [4.78, 5) is 42.7. The fourth-order valence-electron chi connectivity index (χ4n) is 4.67. The van der Waals surface area contributed by atoms with Gasteiger partial charge in [-0.15, -0.1) is 0 Å². The number of allylic oxidation sites excluding steroid dienone is 14. The Balaban J connectivity index is 4.24. The number of ether oxygens (including phenoxy) is 2. The van der Waals surface area contributed by atoms with E-state index in [-0.39, 0.29) is 19.4 Å². The van der Waals surface area contributed by atoms with Crippen molar-refractivity contribution in [2.24, 2.45) is 0 Å². The first-order valence-electron chi connectivity index (χ1n) is 19.6. The smallest absolute Gasteiger partial charge is 0.462 e. The van der Waals surface area contributed by atoms with E-state index in [2.05, 4.69) is 60.9 Å². The van der Waals surface area contributed by atoms with Crippen LogP contribution < -0.4 is 0 Å². The molecule has 0 heterocycles. The van der Waals surface area contributed by atoms with E-state index < -0.39 is 38.6 Å². The van der Waals surface area contributed by atoms with Crippen LogP contribution in [0.3, 0.4) is 0 Å². The third kappa shape index (κ3) is 40.0. The molecule has 300 valence electrons. The topological polar surface area (TPSA) is 140 Å². The normalized spacial score (nSPS) is 14.1. The minimum absolute atomic E-state index is 0.106. The van der Waals surface area contributed by atoms with Gasteiger partial charge in [-0.2, -0.15) is 0 Å². The number of aliphatic hydroxyl groups is 1. The zero-order chi connectivity index (χ0) is 39.1. The summed E-state index contributed by atoms with van der Waals surface area (Å²) in [5.74, 6) is -1.07. The average Bonchev–Trinajstić information content (AvgIpc) is 3.12. The molecule has 0 spiro atoms. The van der Waals surface area contributed by atoms with Crippen LogP contribution in [0.2, 0.25) is 0 Å². The zero-order valence-corrected chi connectivity index (χ0v) is 33.4. The quantitative estimate of drug-likeness (QED) is 0.0192. The highest BCUT2D eigenvalue weighted by Gasteiger charge is 2.22. The summed E-state index contributed by atoms with van der Waals surface area (Å²) in [6.45, 7) is 3.44. The first kappa shape index (κ1) is 49.9. The molecule has 0 aromatic rings. The molecule has 0 aliphatic rings. The van der Waals surface area contributed by atoms with E-state index in [1.54, 1.807) is 6.08 Å². The van der Waals surface area contributed by atoms with Gasteiger partial charge in [-0.1, -0.05) is 137 Å². The molecule has 9 nitrogen and oxygen atoms in total. The van der Waals surface area contributed by atoms with Crippen LogP contribution in [0.1, 0.15) is 136 Å². The molecule has 0 saturated carbocycles. The first-order chi connectivity index (χ1) is 25.7. The molecule has 0 aromatic carbocycles. The molecule has 0 saturated heterocycles. The van der Waals surface area contributed by atoms with Gasteiger partial charge in [0.05, 0.1) is 12.7 Å². The van der Waals surface area contributed by atoms with E-state index in [4.69, 9.17) is 19.3 Å². The molecule has 0 bridgehead atoms. The molecule has 0 aliphatic heterocycles. The van der Waals surface area contributed by atoms with Gasteiger partial charge in [0.15, 0.2) is 6.10 Å². The molecular weight excluding hydrogens is 691 g/mol. The average molecular weight is 761 g/mol. The van der Waals surface area contributed by atoms with Crippen LogP contribution in [0.15, 0.2) is 97.2 Å². The summed E-state index contributed by atoms with van der Waals surface area (Å²) in [6.07, 6.45) is 47.3. The van der Waals surface area contributed by atoms with Crippen molar-refractivity contribution in [3.8, 4) is 0 Å². The molecule has 3 N–H and O–H groups in total. The van der Waals surface area contributed by atoms with E-state index in [0.717, 1.165) is 32.1 Å². The second-order valence-corrected chi connectivity index (χ2v) is 14.0. The Hall–Kier alpha value is -3.07. The predicted octanol–water partition coefficient (Wildman–Crippen LogP) is 10.8. The Morgan fingerprint density at radius 1 is 0.585 bits per heavy atom. The Morgan fingerprint density at radius 2 is 1.06 bits per heavy atom. The number of hydrogen-bond acceptors (Lipinski definition) is 7. The van der Waals surface area contributed by atoms with Gasteiger partial charge in [-0.3, -0.25) is 14.1 Å². The van der Waals surface area contributed by atoms with Gasteiger partial charge < -0.3 is 24.4 Å². The SMILES string of the molecule is CCCCC/C=C\C=C/[C@@H](O)C/C=C\C/C=C/CCCC(=O)OC[C@H](COP(=O)(O)O)OC(=O)CCC/C=C\C/C=C\C/C=C\C/C=C\CCCCC. The number of phosphoric ester groups is 1. The van der Waals surface area contributed by atoms with Gasteiger partial charge in [0.1, 0.15) is 6.61 Å². The summed E-state index contributed by atoms with van der Waals surface area (Å²) in [5.41, 5.74) is 0. The van der Waals surface area contributed by atoms with Crippen LogP contribution in [0.25, 0.3) is 0 Å². The van der Waals surface area contributed by atoms with E-state index in [1.165, 1.54) is 38.5 Å². The summed E-state index contributed by atoms with van der Waals surface area (Å²) in [6, 6.07) is 0. The Bertz CT molecular complexity index is 1190. The highest BCUT2D eigenvalue weighted by Crippen LogP contribution is 2.35. The van der Waals surface area contributed by atoms with Crippen molar-refractivity contribution >= 4 is 19.8 Å². The first-order valence-corrected chi connectivity index (χ1v) is 21.2. The summed E-state index contributed by atoms with van der Waals surface area (Å²) in [5, 5.41) is 10.0. The van der Waals surface area contributed by atoms with Crippen molar-refractivity contribution in [3.05, 3.63) is 97.2 Å². The number of esters is 2.